The van der Waals surface area contributed by atoms with E-state index in [1.54, 1.807) is 33.0 Å². The van der Waals surface area contributed by atoms with Gasteiger partial charge in [0.05, 0.1) is 36.9 Å². The molecule has 7 nitrogen and oxygen atoms in total. The van der Waals surface area contributed by atoms with Crippen molar-refractivity contribution in [1.82, 2.24) is 5.32 Å². The molecule has 0 saturated heterocycles. The number of hydrogen-bond acceptors (Lipinski definition) is 7. The first-order valence-electron chi connectivity index (χ1n) is 9.18. The van der Waals surface area contributed by atoms with Crippen molar-refractivity contribution < 1.29 is 28.5 Å². The highest BCUT2D eigenvalue weighted by Crippen LogP contribution is 2.42. The summed E-state index contributed by atoms with van der Waals surface area (Å²) in [5.41, 5.74) is 1.84. The van der Waals surface area contributed by atoms with Crippen molar-refractivity contribution in [1.29, 1.82) is 0 Å². The Labute approximate surface area is 179 Å². The molecule has 1 aliphatic heterocycles. The van der Waals surface area contributed by atoms with E-state index in [-0.39, 0.29) is 19.3 Å². The fraction of sp³-hybridized carbons (Fsp3) is 0.429. The predicted octanol–water partition coefficient (Wildman–Crippen LogP) is 3.44. The third-order valence-corrected chi connectivity index (χ3v) is 4.76. The molecule has 1 aromatic rings. The van der Waals surface area contributed by atoms with Gasteiger partial charge >= 0.3 is 11.9 Å². The normalized spacial score (nSPS) is 16.2. The summed E-state index contributed by atoms with van der Waals surface area (Å²) in [6.07, 6.45) is 1.26. The van der Waals surface area contributed by atoms with E-state index in [0.29, 0.717) is 28.2 Å². The van der Waals surface area contributed by atoms with Gasteiger partial charge in [-0.3, -0.25) is 0 Å². The van der Waals surface area contributed by atoms with Crippen LogP contribution in [0.1, 0.15) is 32.3 Å². The number of hydrogen-bond donors (Lipinski definition) is 1. The van der Waals surface area contributed by atoms with Crippen molar-refractivity contribution in [2.45, 2.75) is 32.8 Å². The zero-order valence-electron chi connectivity index (χ0n) is 17.2. The largest absolute Gasteiger partial charge is 0.496 e. The molecule has 29 heavy (non-hydrogen) atoms. The van der Waals surface area contributed by atoms with E-state index in [9.17, 15) is 9.59 Å². The van der Waals surface area contributed by atoms with Gasteiger partial charge < -0.3 is 24.3 Å². The Balaban J connectivity index is 2.57. The van der Waals surface area contributed by atoms with Gasteiger partial charge in [-0.05, 0) is 39.0 Å². The lowest BCUT2D eigenvalue weighted by molar-refractivity contribution is -0.143. The Bertz CT molecular complexity index is 830. The Kier molecular flexibility index (Phi) is 8.28. The fourth-order valence-corrected chi connectivity index (χ4v) is 3.38. The summed E-state index contributed by atoms with van der Waals surface area (Å²) >= 11 is 3.46. The number of esters is 2. The van der Waals surface area contributed by atoms with Crippen LogP contribution in [0.25, 0.3) is 0 Å². The highest BCUT2D eigenvalue weighted by molar-refractivity contribution is 9.10. The van der Waals surface area contributed by atoms with Gasteiger partial charge in [0.15, 0.2) is 0 Å². The van der Waals surface area contributed by atoms with Gasteiger partial charge in [0.2, 0.25) is 0 Å². The van der Waals surface area contributed by atoms with Crippen molar-refractivity contribution in [2.24, 2.45) is 0 Å². The molecular weight excluding hydrogens is 442 g/mol. The Morgan fingerprint density at radius 3 is 2.52 bits per heavy atom. The second-order valence-electron chi connectivity index (χ2n) is 6.68. The lowest BCUT2D eigenvalue weighted by atomic mass is 9.81. The molecule has 0 aliphatic carbocycles. The minimum atomic E-state index is -0.718. The molecule has 8 heteroatoms. The minimum Gasteiger partial charge on any atom is -0.496 e. The SMILES string of the molecule is COCCOC(=O)C1=C(C)NC=C(C(=O)OC(C)C)[C@@H]1c1cc(Br)ccc1OC. The molecular formula is C21H26BrNO6. The van der Waals surface area contributed by atoms with E-state index in [4.69, 9.17) is 18.9 Å². The molecule has 0 bridgehead atoms. The number of dihydropyridines is 1. The number of benzene rings is 1. The molecule has 1 N–H and O–H groups in total. The Hall–Kier alpha value is -2.32. The first kappa shape index (κ1) is 23.0. The van der Waals surface area contributed by atoms with Crippen LogP contribution in [0.15, 0.2) is 45.7 Å². The molecule has 158 valence electrons. The first-order chi connectivity index (χ1) is 13.8. The number of nitrogens with one attached hydrogen (secondary N) is 1. The van der Waals surface area contributed by atoms with Crippen LogP contribution in [0.5, 0.6) is 5.75 Å². The number of carbonyl (C=O) groups is 2. The molecule has 0 saturated carbocycles. The monoisotopic (exact) mass is 467 g/mol. The van der Waals surface area contributed by atoms with Crippen molar-refractivity contribution >= 4 is 27.9 Å². The van der Waals surface area contributed by atoms with Crippen LogP contribution >= 0.6 is 15.9 Å². The number of methoxy groups -OCH3 is 2. The standard InChI is InChI=1S/C21H26BrNO6/c1-12(2)29-20(24)16-11-23-13(3)18(21(25)28-9-8-26-4)19(16)15-10-14(22)6-7-17(15)27-5/h6-7,10-12,19,23H,8-9H2,1-5H3/t19-/m0/s1. The third-order valence-electron chi connectivity index (χ3n) is 4.27. The van der Waals surface area contributed by atoms with Crippen LogP contribution in [-0.2, 0) is 23.8 Å². The van der Waals surface area contributed by atoms with Gasteiger partial charge in [-0.25, -0.2) is 9.59 Å². The number of ether oxygens (including phenoxy) is 4. The maximum absolute atomic E-state index is 12.9. The Morgan fingerprint density at radius 2 is 1.90 bits per heavy atom. The molecule has 1 aromatic carbocycles. The van der Waals surface area contributed by atoms with Crippen LogP contribution < -0.4 is 10.1 Å². The van der Waals surface area contributed by atoms with Crippen molar-refractivity contribution in [2.75, 3.05) is 27.4 Å². The summed E-state index contributed by atoms with van der Waals surface area (Å²) in [6, 6.07) is 5.42. The lowest BCUT2D eigenvalue weighted by Gasteiger charge is -2.29. The van der Waals surface area contributed by atoms with Gasteiger partial charge in [-0.2, -0.15) is 0 Å². The number of allylic oxidation sites excluding steroid dienone is 1. The lowest BCUT2D eigenvalue weighted by Crippen LogP contribution is -2.31. The second-order valence-corrected chi connectivity index (χ2v) is 7.60. The Morgan fingerprint density at radius 1 is 1.17 bits per heavy atom. The fourth-order valence-electron chi connectivity index (χ4n) is 3.00. The van der Waals surface area contributed by atoms with Crippen molar-refractivity contribution in [3.63, 3.8) is 0 Å². The highest BCUT2D eigenvalue weighted by Gasteiger charge is 2.38. The van der Waals surface area contributed by atoms with Crippen molar-refractivity contribution in [3.8, 4) is 5.75 Å². The maximum atomic E-state index is 12.9. The third kappa shape index (κ3) is 5.61. The zero-order valence-corrected chi connectivity index (χ0v) is 18.8. The molecule has 1 atom stereocenters. The van der Waals surface area contributed by atoms with Gasteiger partial charge in [0, 0.05) is 29.0 Å². The molecule has 0 spiro atoms. The molecule has 0 radical (unpaired) electrons. The van der Waals surface area contributed by atoms with Gasteiger partial charge in [-0.15, -0.1) is 0 Å². The number of carbonyl (C=O) groups excluding carboxylic acids is 2. The molecule has 0 aromatic heterocycles. The van der Waals surface area contributed by atoms with E-state index >= 15 is 0 Å². The van der Waals surface area contributed by atoms with E-state index < -0.39 is 17.9 Å². The molecule has 0 amide bonds. The first-order valence-corrected chi connectivity index (χ1v) is 9.97. The second kappa shape index (κ2) is 10.5. The predicted molar refractivity (Wildman–Crippen MR) is 111 cm³/mol. The quantitative estimate of drug-likeness (QED) is 0.462. The van der Waals surface area contributed by atoms with E-state index in [1.165, 1.54) is 14.2 Å². The van der Waals surface area contributed by atoms with Gasteiger partial charge in [0.1, 0.15) is 12.4 Å². The zero-order chi connectivity index (χ0) is 21.6. The van der Waals surface area contributed by atoms with Crippen LogP contribution in [0.4, 0.5) is 0 Å². The average Bonchev–Trinajstić information content (AvgIpc) is 2.67. The number of rotatable bonds is 8. The van der Waals surface area contributed by atoms with Gasteiger partial charge in [-0.1, -0.05) is 15.9 Å². The summed E-state index contributed by atoms with van der Waals surface area (Å²) in [5, 5.41) is 2.99. The topological polar surface area (TPSA) is 83.1 Å². The van der Waals surface area contributed by atoms with E-state index in [2.05, 4.69) is 21.2 Å². The summed E-state index contributed by atoms with van der Waals surface area (Å²) in [7, 11) is 3.06. The maximum Gasteiger partial charge on any atom is 0.336 e. The summed E-state index contributed by atoms with van der Waals surface area (Å²) in [4.78, 5) is 25.8. The molecule has 1 aliphatic rings. The van der Waals surface area contributed by atoms with Gasteiger partial charge in [0.25, 0.3) is 0 Å². The number of halogens is 1. The molecule has 1 heterocycles. The van der Waals surface area contributed by atoms with Crippen LogP contribution in [0, 0.1) is 0 Å². The minimum absolute atomic E-state index is 0.101. The van der Waals surface area contributed by atoms with Crippen LogP contribution in [0.3, 0.4) is 0 Å². The highest BCUT2D eigenvalue weighted by atomic mass is 79.9. The summed E-state index contributed by atoms with van der Waals surface area (Å²) in [5.74, 6) is -1.24. The van der Waals surface area contributed by atoms with E-state index in [0.717, 1.165) is 4.47 Å². The van der Waals surface area contributed by atoms with Crippen LogP contribution in [-0.4, -0.2) is 45.5 Å². The average molecular weight is 468 g/mol. The summed E-state index contributed by atoms with van der Waals surface area (Å²) in [6.45, 7) is 5.67. The molecule has 2 rings (SSSR count). The summed E-state index contributed by atoms with van der Waals surface area (Å²) < 4.78 is 22.0. The smallest absolute Gasteiger partial charge is 0.336 e. The van der Waals surface area contributed by atoms with Crippen molar-refractivity contribution in [3.05, 3.63) is 51.3 Å². The van der Waals surface area contributed by atoms with Crippen LogP contribution in [0.2, 0.25) is 0 Å². The molecule has 0 unspecified atom stereocenters. The van der Waals surface area contributed by atoms with E-state index in [1.807, 2.05) is 12.1 Å². The molecule has 0 fully saturated rings.